The highest BCUT2D eigenvalue weighted by Gasteiger charge is 2.44. The van der Waals surface area contributed by atoms with Crippen molar-refractivity contribution in [1.29, 1.82) is 0 Å². The van der Waals surface area contributed by atoms with E-state index in [0.29, 0.717) is 0 Å². The topological polar surface area (TPSA) is 0 Å². The molecule has 2 unspecified atom stereocenters. The molecule has 0 saturated carbocycles. The zero-order valence-corrected chi connectivity index (χ0v) is 11.0. The third kappa shape index (κ3) is 1.70. The molecule has 1 aliphatic carbocycles. The van der Waals surface area contributed by atoms with Gasteiger partial charge in [0.1, 0.15) is 0 Å². The van der Waals surface area contributed by atoms with E-state index in [0.717, 1.165) is 16.7 Å². The lowest BCUT2D eigenvalue weighted by Gasteiger charge is -2.24. The van der Waals surface area contributed by atoms with Gasteiger partial charge in [-0.3, -0.25) is 0 Å². The number of fused-ring (bicyclic) bond motifs is 2. The van der Waals surface area contributed by atoms with E-state index in [-0.39, 0.29) is 11.5 Å². The van der Waals surface area contributed by atoms with Gasteiger partial charge in [-0.15, -0.1) is 0 Å². The van der Waals surface area contributed by atoms with Crippen molar-refractivity contribution in [2.45, 2.75) is 31.6 Å². The van der Waals surface area contributed by atoms with Crippen molar-refractivity contribution < 1.29 is 8.78 Å². The van der Waals surface area contributed by atoms with Gasteiger partial charge in [-0.25, -0.2) is 8.78 Å². The van der Waals surface area contributed by atoms with Crippen molar-refractivity contribution >= 4 is 0 Å². The lowest BCUT2D eigenvalue weighted by atomic mass is 9.88. The molecule has 0 bridgehead atoms. The fourth-order valence-electron chi connectivity index (χ4n) is 3.07. The van der Waals surface area contributed by atoms with Gasteiger partial charge in [-0.05, 0) is 16.7 Å². The molecule has 2 atom stereocenters. The minimum atomic E-state index is -2.82. The minimum absolute atomic E-state index is 0.00299. The molecule has 0 aromatic heterocycles. The van der Waals surface area contributed by atoms with Crippen molar-refractivity contribution in [2.75, 3.05) is 0 Å². The lowest BCUT2D eigenvalue weighted by Crippen LogP contribution is -2.21. The Morgan fingerprint density at radius 1 is 0.789 bits per heavy atom. The Labute approximate surface area is 112 Å². The van der Waals surface area contributed by atoms with Crippen molar-refractivity contribution in [3.8, 4) is 0 Å². The van der Waals surface area contributed by atoms with E-state index in [1.54, 1.807) is 19.1 Å². The molecule has 0 radical (unpaired) electrons. The largest absolute Gasteiger partial charge is 0.280 e. The summed E-state index contributed by atoms with van der Waals surface area (Å²) >= 11 is 0. The molecule has 2 aromatic rings. The Kier molecular flexibility index (Phi) is 2.70. The van der Waals surface area contributed by atoms with Crippen LogP contribution in [0.25, 0.3) is 0 Å². The summed E-state index contributed by atoms with van der Waals surface area (Å²) in [5.74, 6) is -3.62. The SMILES string of the molecule is CC1c2ccccc2C(C)C(F)(F)c2ccccc21. The smallest absolute Gasteiger partial charge is 0.201 e. The normalized spacial score (nSPS) is 24.2. The molecule has 0 amide bonds. The van der Waals surface area contributed by atoms with E-state index in [1.165, 1.54) is 0 Å². The molecule has 0 nitrogen and oxygen atoms in total. The van der Waals surface area contributed by atoms with Gasteiger partial charge in [0.05, 0.1) is 0 Å². The zero-order chi connectivity index (χ0) is 13.6. The fraction of sp³-hybridized carbons (Fsp3) is 0.294. The van der Waals surface area contributed by atoms with Crippen LogP contribution < -0.4 is 0 Å². The predicted octanol–water partition coefficient (Wildman–Crippen LogP) is 5.05. The van der Waals surface area contributed by atoms with Gasteiger partial charge in [0, 0.05) is 17.4 Å². The van der Waals surface area contributed by atoms with Crippen molar-refractivity contribution in [1.82, 2.24) is 0 Å². The number of halogens is 2. The maximum Gasteiger partial charge on any atom is 0.280 e. The molecular formula is C17H16F2. The number of hydrogen-bond acceptors (Lipinski definition) is 0. The molecule has 3 rings (SSSR count). The van der Waals surface area contributed by atoms with Crippen LogP contribution in [-0.2, 0) is 5.92 Å². The van der Waals surface area contributed by atoms with Crippen LogP contribution in [-0.4, -0.2) is 0 Å². The molecule has 0 spiro atoms. The maximum absolute atomic E-state index is 14.7. The van der Waals surface area contributed by atoms with Gasteiger partial charge >= 0.3 is 0 Å². The Balaban J connectivity index is 2.34. The molecule has 2 aromatic carbocycles. The van der Waals surface area contributed by atoms with E-state index >= 15 is 0 Å². The molecule has 0 aliphatic heterocycles. The van der Waals surface area contributed by atoms with Crippen molar-refractivity contribution in [3.63, 3.8) is 0 Å². The third-order valence-electron chi connectivity index (χ3n) is 4.26. The standard InChI is InChI=1S/C17H16F2/c1-11-13-7-3-4-9-15(13)12(2)17(18,19)16-10-6-5-8-14(11)16/h3-12H,1-2H3. The van der Waals surface area contributed by atoms with E-state index in [2.05, 4.69) is 0 Å². The number of hydrogen-bond donors (Lipinski definition) is 0. The van der Waals surface area contributed by atoms with Crippen LogP contribution in [0.4, 0.5) is 8.78 Å². The zero-order valence-electron chi connectivity index (χ0n) is 11.0. The molecule has 0 heterocycles. The van der Waals surface area contributed by atoms with Gasteiger partial charge < -0.3 is 0 Å². The average Bonchev–Trinajstić information content (AvgIpc) is 2.50. The second-order valence-corrected chi connectivity index (χ2v) is 5.28. The number of rotatable bonds is 0. The Hall–Kier alpha value is -1.70. The number of alkyl halides is 2. The predicted molar refractivity (Wildman–Crippen MR) is 72.7 cm³/mol. The molecule has 98 valence electrons. The van der Waals surface area contributed by atoms with Crippen LogP contribution >= 0.6 is 0 Å². The first-order valence-electron chi connectivity index (χ1n) is 6.59. The van der Waals surface area contributed by atoms with Crippen LogP contribution in [0.1, 0.15) is 47.9 Å². The Morgan fingerprint density at radius 2 is 1.32 bits per heavy atom. The Morgan fingerprint density at radius 3 is 2.00 bits per heavy atom. The summed E-state index contributed by atoms with van der Waals surface area (Å²) in [6.07, 6.45) is 0. The van der Waals surface area contributed by atoms with Gasteiger partial charge in [-0.2, -0.15) is 0 Å². The third-order valence-corrected chi connectivity index (χ3v) is 4.26. The monoisotopic (exact) mass is 258 g/mol. The second kappa shape index (κ2) is 4.16. The van der Waals surface area contributed by atoms with Crippen LogP contribution in [0.3, 0.4) is 0 Å². The summed E-state index contributed by atoms with van der Waals surface area (Å²) in [6, 6.07) is 14.5. The summed E-state index contributed by atoms with van der Waals surface area (Å²) in [5, 5.41) is 0. The first kappa shape index (κ1) is 12.3. The molecule has 2 heteroatoms. The molecule has 1 aliphatic rings. The lowest BCUT2D eigenvalue weighted by molar-refractivity contribution is -0.0284. The first-order chi connectivity index (χ1) is 9.03. The summed E-state index contributed by atoms with van der Waals surface area (Å²) in [4.78, 5) is 0. The highest BCUT2D eigenvalue weighted by Crippen LogP contribution is 2.50. The second-order valence-electron chi connectivity index (χ2n) is 5.28. The highest BCUT2D eigenvalue weighted by atomic mass is 19.3. The molecule has 0 fully saturated rings. The van der Waals surface area contributed by atoms with Crippen LogP contribution in [0, 0.1) is 0 Å². The number of benzene rings is 2. The maximum atomic E-state index is 14.7. The van der Waals surface area contributed by atoms with Crippen molar-refractivity contribution in [3.05, 3.63) is 70.8 Å². The Bertz CT molecular complexity index is 616. The minimum Gasteiger partial charge on any atom is -0.201 e. The fourth-order valence-corrected chi connectivity index (χ4v) is 3.07. The molecular weight excluding hydrogens is 242 g/mol. The highest BCUT2D eigenvalue weighted by molar-refractivity contribution is 5.48. The van der Waals surface area contributed by atoms with Crippen LogP contribution in [0.15, 0.2) is 48.5 Å². The van der Waals surface area contributed by atoms with Gasteiger partial charge in [0.15, 0.2) is 0 Å². The summed E-state index contributed by atoms with van der Waals surface area (Å²) < 4.78 is 29.4. The summed E-state index contributed by atoms with van der Waals surface area (Å²) in [6.45, 7) is 3.62. The molecule has 0 saturated heterocycles. The molecule has 19 heavy (non-hydrogen) atoms. The van der Waals surface area contributed by atoms with Gasteiger partial charge in [0.25, 0.3) is 5.92 Å². The van der Waals surface area contributed by atoms with E-state index in [4.69, 9.17) is 0 Å². The van der Waals surface area contributed by atoms with E-state index < -0.39 is 11.8 Å². The van der Waals surface area contributed by atoms with Gasteiger partial charge in [-0.1, -0.05) is 62.4 Å². The summed E-state index contributed by atoms with van der Waals surface area (Å²) in [5.41, 5.74) is 2.69. The average molecular weight is 258 g/mol. The van der Waals surface area contributed by atoms with Crippen molar-refractivity contribution in [2.24, 2.45) is 0 Å². The first-order valence-corrected chi connectivity index (χ1v) is 6.59. The van der Waals surface area contributed by atoms with Crippen LogP contribution in [0.5, 0.6) is 0 Å². The summed E-state index contributed by atoms with van der Waals surface area (Å²) in [7, 11) is 0. The quantitative estimate of drug-likeness (QED) is 0.620. The van der Waals surface area contributed by atoms with Crippen LogP contribution in [0.2, 0.25) is 0 Å². The van der Waals surface area contributed by atoms with Gasteiger partial charge in [0.2, 0.25) is 0 Å². The van der Waals surface area contributed by atoms with E-state index in [1.807, 2.05) is 43.3 Å². The molecule has 0 N–H and O–H groups in total. The van der Waals surface area contributed by atoms with E-state index in [9.17, 15) is 8.78 Å².